The quantitative estimate of drug-likeness (QED) is 0.820. The molecule has 0 spiro atoms. The van der Waals surface area contributed by atoms with Crippen LogP contribution in [-0.2, 0) is 4.79 Å². The molecule has 1 aromatic carbocycles. The molecule has 0 bridgehead atoms. The minimum atomic E-state index is -0.349. The summed E-state index contributed by atoms with van der Waals surface area (Å²) in [6.07, 6.45) is 4.36. The first-order valence-electron chi connectivity index (χ1n) is 9.25. The van der Waals surface area contributed by atoms with Crippen LogP contribution < -0.4 is 0 Å². The summed E-state index contributed by atoms with van der Waals surface area (Å²) < 4.78 is 0. The summed E-state index contributed by atoms with van der Waals surface area (Å²) in [5, 5.41) is 2.03. The summed E-state index contributed by atoms with van der Waals surface area (Å²) in [6.45, 7) is 0. The lowest BCUT2D eigenvalue weighted by molar-refractivity contribution is -0.132. The monoisotopic (exact) mass is 368 g/mol. The van der Waals surface area contributed by atoms with Gasteiger partial charge >= 0.3 is 0 Å². The molecule has 1 aliphatic heterocycles. The number of thiophene rings is 1. The first-order valence-corrected chi connectivity index (χ1v) is 10.1. The van der Waals surface area contributed by atoms with Gasteiger partial charge in [0.05, 0.1) is 12.0 Å². The van der Waals surface area contributed by atoms with Crippen LogP contribution in [0.1, 0.15) is 58.4 Å². The van der Waals surface area contributed by atoms with Crippen LogP contribution in [0.4, 0.5) is 0 Å². The summed E-state index contributed by atoms with van der Waals surface area (Å²) >= 11 is 1.64. The van der Waals surface area contributed by atoms with E-state index in [1.807, 2.05) is 40.6 Å². The van der Waals surface area contributed by atoms with Crippen molar-refractivity contribution >= 4 is 23.2 Å². The number of hydrogen-bond acceptors (Lipinski definition) is 3. The molecular formula is C21H24N2O2S. The third kappa shape index (κ3) is 2.75. The lowest BCUT2D eigenvalue weighted by atomic mass is 9.80. The molecule has 2 unspecified atom stereocenters. The fraction of sp³-hybridized carbons (Fsp3) is 0.429. The first-order chi connectivity index (χ1) is 12.6. The van der Waals surface area contributed by atoms with Crippen molar-refractivity contribution in [2.45, 2.75) is 43.7 Å². The summed E-state index contributed by atoms with van der Waals surface area (Å²) in [6, 6.07) is 11.7. The number of likely N-dealkylation sites (N-methyl/N-ethyl adjacent to an activating group) is 1. The number of carbonyl (C=O) groups is 2. The van der Waals surface area contributed by atoms with E-state index in [0.717, 1.165) is 36.1 Å². The molecule has 1 aliphatic carbocycles. The predicted molar refractivity (Wildman–Crippen MR) is 103 cm³/mol. The number of carbonyl (C=O) groups excluding carboxylic acids is 2. The standard InChI is InChI=1S/C21H24N2O2S/c1-22(2)21(25)18-15-10-5-6-11-16(15)20(24)23(14-8-3-4-9-14)19(18)17-12-7-13-26-17/h5-7,10-14,18-19H,3-4,8-9H2,1-2H3. The van der Waals surface area contributed by atoms with Crippen molar-refractivity contribution in [2.24, 2.45) is 0 Å². The molecule has 2 heterocycles. The number of rotatable bonds is 3. The molecule has 4 nitrogen and oxygen atoms in total. The second-order valence-corrected chi connectivity index (χ2v) is 8.39. The third-order valence-electron chi connectivity index (χ3n) is 5.64. The average molecular weight is 369 g/mol. The number of benzene rings is 1. The number of hydrogen-bond donors (Lipinski definition) is 0. The van der Waals surface area contributed by atoms with Crippen molar-refractivity contribution in [1.82, 2.24) is 9.80 Å². The zero-order valence-electron chi connectivity index (χ0n) is 15.2. The van der Waals surface area contributed by atoms with E-state index in [2.05, 4.69) is 6.07 Å². The van der Waals surface area contributed by atoms with Gasteiger partial charge in [-0.3, -0.25) is 9.59 Å². The summed E-state index contributed by atoms with van der Waals surface area (Å²) in [5.41, 5.74) is 1.55. The van der Waals surface area contributed by atoms with Crippen LogP contribution in [0.25, 0.3) is 0 Å². The lowest BCUT2D eigenvalue weighted by Gasteiger charge is -2.44. The largest absolute Gasteiger partial charge is 0.348 e. The van der Waals surface area contributed by atoms with Crippen molar-refractivity contribution in [3.63, 3.8) is 0 Å². The van der Waals surface area contributed by atoms with Gasteiger partial charge in [-0.25, -0.2) is 0 Å². The maximum atomic E-state index is 13.5. The van der Waals surface area contributed by atoms with Crippen LogP contribution in [0.3, 0.4) is 0 Å². The van der Waals surface area contributed by atoms with E-state index in [-0.39, 0.29) is 29.8 Å². The van der Waals surface area contributed by atoms with Gasteiger partial charge in [-0.15, -0.1) is 11.3 Å². The van der Waals surface area contributed by atoms with Gasteiger partial charge in [0.15, 0.2) is 0 Å². The van der Waals surface area contributed by atoms with Gasteiger partial charge in [-0.1, -0.05) is 37.1 Å². The van der Waals surface area contributed by atoms with E-state index in [1.54, 1.807) is 30.3 Å². The molecule has 5 heteroatoms. The maximum absolute atomic E-state index is 13.5. The molecule has 4 rings (SSSR count). The molecule has 1 fully saturated rings. The second kappa shape index (κ2) is 6.88. The van der Waals surface area contributed by atoms with Crippen LogP contribution in [-0.4, -0.2) is 41.8 Å². The molecule has 0 saturated heterocycles. The summed E-state index contributed by atoms with van der Waals surface area (Å²) in [5.74, 6) is -0.210. The molecule has 136 valence electrons. The van der Waals surface area contributed by atoms with Crippen LogP contribution in [0.5, 0.6) is 0 Å². The van der Waals surface area contributed by atoms with Gasteiger partial charge < -0.3 is 9.80 Å². The van der Waals surface area contributed by atoms with E-state index in [9.17, 15) is 9.59 Å². The molecule has 0 radical (unpaired) electrons. The Hall–Kier alpha value is -2.14. The number of nitrogens with zero attached hydrogens (tertiary/aromatic N) is 2. The van der Waals surface area contributed by atoms with Gasteiger partial charge in [0.2, 0.25) is 5.91 Å². The SMILES string of the molecule is CN(C)C(=O)C1c2ccccc2C(=O)N(C2CCCC2)C1c1cccs1. The molecular weight excluding hydrogens is 344 g/mol. The van der Waals surface area contributed by atoms with Crippen LogP contribution in [0, 0.1) is 0 Å². The Morgan fingerprint density at radius 2 is 1.85 bits per heavy atom. The van der Waals surface area contributed by atoms with E-state index in [0.29, 0.717) is 5.56 Å². The Labute approximate surface area is 158 Å². The Balaban J connectivity index is 1.91. The fourth-order valence-electron chi connectivity index (χ4n) is 4.44. The molecule has 1 aromatic heterocycles. The van der Waals surface area contributed by atoms with E-state index in [4.69, 9.17) is 0 Å². The van der Waals surface area contributed by atoms with Gasteiger partial charge in [-0.05, 0) is 35.9 Å². The Kier molecular flexibility index (Phi) is 4.57. The zero-order chi connectivity index (χ0) is 18.3. The van der Waals surface area contributed by atoms with Gasteiger partial charge in [-0.2, -0.15) is 0 Å². The fourth-order valence-corrected chi connectivity index (χ4v) is 5.30. The van der Waals surface area contributed by atoms with Crippen molar-refractivity contribution in [1.29, 1.82) is 0 Å². The Bertz CT molecular complexity index is 809. The van der Waals surface area contributed by atoms with E-state index >= 15 is 0 Å². The average Bonchev–Trinajstić information content (AvgIpc) is 3.34. The van der Waals surface area contributed by atoms with Crippen LogP contribution in [0.2, 0.25) is 0 Å². The highest BCUT2D eigenvalue weighted by molar-refractivity contribution is 7.10. The van der Waals surface area contributed by atoms with Crippen molar-refractivity contribution in [3.05, 3.63) is 57.8 Å². The lowest BCUT2D eigenvalue weighted by Crippen LogP contribution is -2.50. The normalized spacial score (nSPS) is 23.2. The van der Waals surface area contributed by atoms with Crippen molar-refractivity contribution in [3.8, 4) is 0 Å². The highest BCUT2D eigenvalue weighted by atomic mass is 32.1. The molecule has 0 N–H and O–H groups in total. The number of amides is 2. The van der Waals surface area contributed by atoms with E-state index < -0.39 is 0 Å². The Morgan fingerprint density at radius 3 is 2.50 bits per heavy atom. The summed E-state index contributed by atoms with van der Waals surface area (Å²) in [7, 11) is 3.60. The smallest absolute Gasteiger partial charge is 0.254 e. The Morgan fingerprint density at radius 1 is 1.12 bits per heavy atom. The molecule has 2 atom stereocenters. The molecule has 2 amide bonds. The van der Waals surface area contributed by atoms with Gasteiger partial charge in [0.25, 0.3) is 5.91 Å². The molecule has 2 aliphatic rings. The maximum Gasteiger partial charge on any atom is 0.254 e. The molecule has 1 saturated carbocycles. The zero-order valence-corrected chi connectivity index (χ0v) is 16.0. The van der Waals surface area contributed by atoms with Crippen LogP contribution >= 0.6 is 11.3 Å². The van der Waals surface area contributed by atoms with Crippen LogP contribution in [0.15, 0.2) is 41.8 Å². The topological polar surface area (TPSA) is 40.6 Å². The highest BCUT2D eigenvalue weighted by Crippen LogP contribution is 2.47. The predicted octanol–water partition coefficient (Wildman–Crippen LogP) is 4.06. The molecule has 2 aromatic rings. The van der Waals surface area contributed by atoms with E-state index in [1.165, 1.54) is 0 Å². The summed E-state index contributed by atoms with van der Waals surface area (Å²) in [4.78, 5) is 31.5. The molecule has 26 heavy (non-hydrogen) atoms. The van der Waals surface area contributed by atoms with Crippen molar-refractivity contribution < 1.29 is 9.59 Å². The minimum Gasteiger partial charge on any atom is -0.348 e. The van der Waals surface area contributed by atoms with Crippen molar-refractivity contribution in [2.75, 3.05) is 14.1 Å². The second-order valence-electron chi connectivity index (χ2n) is 7.41. The third-order valence-corrected chi connectivity index (χ3v) is 6.58. The first kappa shape index (κ1) is 17.3. The highest BCUT2D eigenvalue weighted by Gasteiger charge is 2.47. The minimum absolute atomic E-state index is 0.0614. The van der Waals surface area contributed by atoms with Gasteiger partial charge in [0.1, 0.15) is 0 Å². The van der Waals surface area contributed by atoms with Gasteiger partial charge in [0, 0.05) is 30.6 Å². The number of fused-ring (bicyclic) bond motifs is 1.